The summed E-state index contributed by atoms with van der Waals surface area (Å²) in [5.41, 5.74) is 4.34. The molecule has 1 aromatic heterocycles. The number of benzene rings is 3. The quantitative estimate of drug-likeness (QED) is 0.341. The Morgan fingerprint density at radius 1 is 0.974 bits per heavy atom. The van der Waals surface area contributed by atoms with Crippen LogP contribution in [-0.2, 0) is 10.0 Å². The first-order valence-corrected chi connectivity index (χ1v) is 14.9. The summed E-state index contributed by atoms with van der Waals surface area (Å²) in [6, 6.07) is 19.0. The first-order chi connectivity index (χ1) is 18.3. The van der Waals surface area contributed by atoms with Gasteiger partial charge in [-0.1, -0.05) is 41.7 Å². The molecule has 0 unspecified atom stereocenters. The number of thiazole rings is 1. The van der Waals surface area contributed by atoms with Crippen molar-refractivity contribution < 1.29 is 13.2 Å². The minimum absolute atomic E-state index is 0.170. The zero-order valence-corrected chi connectivity index (χ0v) is 23.1. The summed E-state index contributed by atoms with van der Waals surface area (Å²) < 4.78 is 29.0. The largest absolute Gasteiger partial charge is 0.351 e. The van der Waals surface area contributed by atoms with Crippen molar-refractivity contribution in [3.8, 4) is 0 Å². The third-order valence-corrected chi connectivity index (χ3v) is 9.26. The molecule has 1 aliphatic heterocycles. The summed E-state index contributed by atoms with van der Waals surface area (Å²) in [5.74, 6) is -0.232. The Labute approximate surface area is 227 Å². The fraction of sp³-hybridized carbons (Fsp3) is 0.286. The van der Waals surface area contributed by atoms with Crippen LogP contribution in [-0.4, -0.2) is 63.5 Å². The third kappa shape index (κ3) is 5.98. The number of rotatable bonds is 8. The first-order valence-electron chi connectivity index (χ1n) is 12.6. The molecule has 198 valence electrons. The van der Waals surface area contributed by atoms with Crippen molar-refractivity contribution >= 4 is 48.3 Å². The molecule has 0 radical (unpaired) electrons. The van der Waals surface area contributed by atoms with Gasteiger partial charge in [0.25, 0.3) is 15.9 Å². The number of anilines is 2. The van der Waals surface area contributed by atoms with Gasteiger partial charge < -0.3 is 10.2 Å². The number of hydrogen-bond acceptors (Lipinski definition) is 7. The van der Waals surface area contributed by atoms with Crippen LogP contribution in [0.3, 0.4) is 0 Å². The van der Waals surface area contributed by atoms with E-state index in [-0.39, 0.29) is 10.8 Å². The van der Waals surface area contributed by atoms with E-state index in [9.17, 15) is 13.2 Å². The lowest BCUT2D eigenvalue weighted by Crippen LogP contribution is -2.48. The van der Waals surface area contributed by atoms with E-state index in [2.05, 4.69) is 45.8 Å². The Bertz CT molecular complexity index is 1550. The number of carbonyl (C=O) groups excluding carboxylic acids is 1. The summed E-state index contributed by atoms with van der Waals surface area (Å²) in [4.78, 5) is 22.5. The normalized spacial score (nSPS) is 14.5. The topological polar surface area (TPSA) is 94.6 Å². The molecule has 2 heterocycles. The number of piperazine rings is 1. The van der Waals surface area contributed by atoms with Gasteiger partial charge in [0, 0.05) is 50.5 Å². The van der Waals surface area contributed by atoms with Crippen LogP contribution in [0.5, 0.6) is 0 Å². The number of nitrogens with one attached hydrogen (secondary N) is 2. The van der Waals surface area contributed by atoms with Crippen molar-refractivity contribution in [1.29, 1.82) is 0 Å². The van der Waals surface area contributed by atoms with Gasteiger partial charge in [-0.05, 0) is 61.4 Å². The van der Waals surface area contributed by atoms with E-state index < -0.39 is 10.0 Å². The van der Waals surface area contributed by atoms with Crippen LogP contribution in [0.15, 0.2) is 71.6 Å². The highest BCUT2D eigenvalue weighted by Gasteiger charge is 2.20. The van der Waals surface area contributed by atoms with E-state index in [1.165, 1.54) is 28.0 Å². The molecule has 0 spiro atoms. The predicted molar refractivity (Wildman–Crippen MR) is 154 cm³/mol. The highest BCUT2D eigenvalue weighted by atomic mass is 32.2. The average molecular weight is 550 g/mol. The van der Waals surface area contributed by atoms with Gasteiger partial charge in [0.05, 0.1) is 15.1 Å². The Balaban J connectivity index is 1.11. The molecule has 2 N–H and O–H groups in total. The molecule has 0 saturated carbocycles. The van der Waals surface area contributed by atoms with E-state index in [1.807, 2.05) is 0 Å². The highest BCUT2D eigenvalue weighted by Crippen LogP contribution is 2.32. The van der Waals surface area contributed by atoms with Crippen LogP contribution in [0, 0.1) is 13.8 Å². The number of sulfonamides is 1. The van der Waals surface area contributed by atoms with E-state index in [0.29, 0.717) is 17.8 Å². The summed E-state index contributed by atoms with van der Waals surface area (Å²) in [6.07, 6.45) is 0. The number of aryl methyl sites for hydroxylation is 2. The molecular formula is C28H31N5O3S2. The molecule has 5 rings (SSSR count). The maximum absolute atomic E-state index is 12.7. The fourth-order valence-corrected chi connectivity index (χ4v) is 6.77. The molecule has 0 atom stereocenters. The van der Waals surface area contributed by atoms with Crippen LogP contribution in [0.2, 0.25) is 0 Å². The summed E-state index contributed by atoms with van der Waals surface area (Å²) in [6.45, 7) is 9.11. The highest BCUT2D eigenvalue weighted by molar-refractivity contribution is 7.92. The van der Waals surface area contributed by atoms with E-state index in [0.717, 1.165) is 43.4 Å². The van der Waals surface area contributed by atoms with Gasteiger partial charge in [-0.2, -0.15) is 0 Å². The van der Waals surface area contributed by atoms with Gasteiger partial charge in [0.1, 0.15) is 0 Å². The number of carbonyl (C=O) groups is 1. The van der Waals surface area contributed by atoms with Gasteiger partial charge in [-0.15, -0.1) is 0 Å². The molecule has 1 saturated heterocycles. The molecule has 0 aliphatic carbocycles. The lowest BCUT2D eigenvalue weighted by Gasteiger charge is -2.34. The van der Waals surface area contributed by atoms with Gasteiger partial charge in [-0.3, -0.25) is 14.4 Å². The Morgan fingerprint density at radius 3 is 2.50 bits per heavy atom. The SMILES string of the molecule is Cc1cc(C)c2sc(N3CCN(CCNC(=O)c4cccc(NS(=O)(=O)c5ccccc5)c4)CC3)nc2c1. The molecule has 38 heavy (non-hydrogen) atoms. The molecule has 1 fully saturated rings. The molecule has 10 heteroatoms. The number of nitrogens with zero attached hydrogens (tertiary/aromatic N) is 3. The molecule has 1 amide bonds. The van der Waals surface area contributed by atoms with Crippen LogP contribution >= 0.6 is 11.3 Å². The standard InChI is InChI=1S/C28H31N5O3S2/c1-20-17-21(2)26-25(18-20)30-28(37-26)33-15-13-32(14-16-33)12-11-29-27(34)22-7-6-8-23(19-22)31-38(35,36)24-9-4-3-5-10-24/h3-10,17-19,31H,11-16H2,1-2H3,(H,29,34). The maximum Gasteiger partial charge on any atom is 0.261 e. The monoisotopic (exact) mass is 549 g/mol. The van der Waals surface area contributed by atoms with Crippen molar-refractivity contribution in [2.24, 2.45) is 0 Å². The first kappa shape index (κ1) is 26.1. The average Bonchev–Trinajstić information content (AvgIpc) is 3.34. The van der Waals surface area contributed by atoms with Crippen LogP contribution < -0.4 is 14.9 Å². The van der Waals surface area contributed by atoms with Gasteiger partial charge in [-0.25, -0.2) is 13.4 Å². The molecule has 0 bridgehead atoms. The minimum atomic E-state index is -3.72. The Hall–Kier alpha value is -3.47. The van der Waals surface area contributed by atoms with Crippen molar-refractivity contribution in [2.75, 3.05) is 48.9 Å². The lowest BCUT2D eigenvalue weighted by molar-refractivity contribution is 0.0948. The Kier molecular flexibility index (Phi) is 7.64. The molecule has 1 aliphatic rings. The number of fused-ring (bicyclic) bond motifs is 1. The minimum Gasteiger partial charge on any atom is -0.351 e. The second-order valence-electron chi connectivity index (χ2n) is 9.51. The fourth-order valence-electron chi connectivity index (χ4n) is 4.63. The van der Waals surface area contributed by atoms with Gasteiger partial charge in [0.2, 0.25) is 0 Å². The van der Waals surface area contributed by atoms with Gasteiger partial charge in [0.15, 0.2) is 5.13 Å². The third-order valence-electron chi connectivity index (χ3n) is 6.60. The maximum atomic E-state index is 12.7. The zero-order chi connectivity index (χ0) is 26.7. The summed E-state index contributed by atoms with van der Waals surface area (Å²) >= 11 is 1.76. The molecular weight excluding hydrogens is 518 g/mol. The van der Waals surface area contributed by atoms with Crippen molar-refractivity contribution in [1.82, 2.24) is 15.2 Å². The van der Waals surface area contributed by atoms with E-state index in [1.54, 1.807) is 53.8 Å². The molecule has 8 nitrogen and oxygen atoms in total. The lowest BCUT2D eigenvalue weighted by atomic mass is 10.1. The Morgan fingerprint density at radius 2 is 1.74 bits per heavy atom. The van der Waals surface area contributed by atoms with Crippen molar-refractivity contribution in [2.45, 2.75) is 18.7 Å². The second kappa shape index (κ2) is 11.1. The van der Waals surface area contributed by atoms with E-state index in [4.69, 9.17) is 4.98 Å². The second-order valence-corrected chi connectivity index (χ2v) is 12.2. The number of hydrogen-bond donors (Lipinski definition) is 2. The van der Waals surface area contributed by atoms with Crippen LogP contribution in [0.25, 0.3) is 10.2 Å². The number of amides is 1. The van der Waals surface area contributed by atoms with Crippen LogP contribution in [0.1, 0.15) is 21.5 Å². The molecule has 3 aromatic carbocycles. The van der Waals surface area contributed by atoms with Gasteiger partial charge >= 0.3 is 0 Å². The smallest absolute Gasteiger partial charge is 0.261 e. The number of aromatic nitrogens is 1. The van der Waals surface area contributed by atoms with Crippen molar-refractivity contribution in [3.05, 3.63) is 83.4 Å². The van der Waals surface area contributed by atoms with Crippen molar-refractivity contribution in [3.63, 3.8) is 0 Å². The van der Waals surface area contributed by atoms with E-state index >= 15 is 0 Å². The summed E-state index contributed by atoms with van der Waals surface area (Å²) in [7, 11) is -3.72. The molecule has 4 aromatic rings. The predicted octanol–water partition coefficient (Wildman–Crippen LogP) is 4.27. The summed E-state index contributed by atoms with van der Waals surface area (Å²) in [5, 5.41) is 4.03. The van der Waals surface area contributed by atoms with Crippen LogP contribution in [0.4, 0.5) is 10.8 Å². The zero-order valence-electron chi connectivity index (χ0n) is 21.5.